The highest BCUT2D eigenvalue weighted by atomic mass is 35.5. The minimum absolute atomic E-state index is 0.251. The highest BCUT2D eigenvalue weighted by molar-refractivity contribution is 6.30. The second-order valence-electron chi connectivity index (χ2n) is 3.52. The highest BCUT2D eigenvalue weighted by Crippen LogP contribution is 2.49. The summed E-state index contributed by atoms with van der Waals surface area (Å²) in [4.78, 5) is 11.0. The molecule has 2 N–H and O–H groups in total. The Balaban J connectivity index is 2.25. The Morgan fingerprint density at radius 2 is 2.36 bits per heavy atom. The molecule has 1 aromatic rings. The summed E-state index contributed by atoms with van der Waals surface area (Å²) in [5, 5.41) is 0.629. The Morgan fingerprint density at radius 3 is 2.86 bits per heavy atom. The summed E-state index contributed by atoms with van der Waals surface area (Å²) in [6, 6.07) is 7.24. The van der Waals surface area contributed by atoms with Crippen molar-refractivity contribution >= 4 is 17.5 Å². The van der Waals surface area contributed by atoms with Crippen molar-refractivity contribution in [2.45, 2.75) is 18.6 Å². The van der Waals surface area contributed by atoms with E-state index in [1.54, 1.807) is 19.1 Å². The van der Waals surface area contributed by atoms with E-state index in [9.17, 15) is 4.79 Å². The number of primary amides is 1. The van der Waals surface area contributed by atoms with Crippen molar-refractivity contribution in [2.75, 3.05) is 0 Å². The van der Waals surface area contributed by atoms with E-state index in [2.05, 4.69) is 0 Å². The minimum atomic E-state index is -0.856. The Hall–Kier alpha value is -1.06. The second-order valence-corrected chi connectivity index (χ2v) is 3.96. The summed E-state index contributed by atoms with van der Waals surface area (Å²) in [5.41, 5.74) is 5.23. The lowest BCUT2D eigenvalue weighted by molar-refractivity contribution is -0.122. The molecule has 74 valence electrons. The summed E-state index contributed by atoms with van der Waals surface area (Å²) in [6.07, 6.45) is -0.251. The molecule has 14 heavy (non-hydrogen) atoms. The van der Waals surface area contributed by atoms with Crippen LogP contribution in [0.4, 0.5) is 0 Å². The molecule has 1 amide bonds. The fourth-order valence-corrected chi connectivity index (χ4v) is 1.65. The van der Waals surface area contributed by atoms with Gasteiger partial charge >= 0.3 is 0 Å². The summed E-state index contributed by atoms with van der Waals surface area (Å²) >= 11 is 5.82. The molecule has 1 aliphatic heterocycles. The van der Waals surface area contributed by atoms with Crippen LogP contribution in [0.2, 0.25) is 5.02 Å². The van der Waals surface area contributed by atoms with Crippen LogP contribution in [0.3, 0.4) is 0 Å². The Bertz CT molecular complexity index is 393. The van der Waals surface area contributed by atoms with Gasteiger partial charge in [-0.15, -0.1) is 0 Å². The molecular weight excluding hydrogens is 202 g/mol. The fourth-order valence-electron chi connectivity index (χ4n) is 1.45. The van der Waals surface area contributed by atoms with Gasteiger partial charge < -0.3 is 10.5 Å². The molecule has 0 spiro atoms. The number of benzene rings is 1. The predicted octanol–water partition coefficient (Wildman–Crippen LogP) is 1.66. The number of hydrogen-bond donors (Lipinski definition) is 1. The van der Waals surface area contributed by atoms with Crippen molar-refractivity contribution in [1.82, 2.24) is 0 Å². The standard InChI is InChI=1S/C10H10ClNO2/c1-10(9(12)13)8(14-10)6-3-2-4-7(11)5-6/h2-5,8H,1H3,(H2,12,13)/t8-,10+/m0/s1. The zero-order valence-corrected chi connectivity index (χ0v) is 8.41. The van der Waals surface area contributed by atoms with Gasteiger partial charge in [0.1, 0.15) is 6.10 Å². The van der Waals surface area contributed by atoms with Crippen LogP contribution in [0.1, 0.15) is 18.6 Å². The van der Waals surface area contributed by atoms with Gasteiger partial charge in [0.25, 0.3) is 5.91 Å². The number of amides is 1. The van der Waals surface area contributed by atoms with E-state index in [0.717, 1.165) is 5.56 Å². The average molecular weight is 212 g/mol. The first kappa shape index (κ1) is 9.49. The first-order valence-corrected chi connectivity index (χ1v) is 4.65. The van der Waals surface area contributed by atoms with Crippen LogP contribution in [0.5, 0.6) is 0 Å². The van der Waals surface area contributed by atoms with Gasteiger partial charge in [-0.05, 0) is 24.6 Å². The van der Waals surface area contributed by atoms with Crippen molar-refractivity contribution < 1.29 is 9.53 Å². The first-order valence-electron chi connectivity index (χ1n) is 4.27. The lowest BCUT2D eigenvalue weighted by atomic mass is 10.0. The number of hydrogen-bond acceptors (Lipinski definition) is 2. The molecule has 0 aliphatic carbocycles. The summed E-state index contributed by atoms with van der Waals surface area (Å²) in [6.45, 7) is 1.68. The Kier molecular flexibility index (Phi) is 2.01. The monoisotopic (exact) mass is 211 g/mol. The zero-order chi connectivity index (χ0) is 10.3. The molecule has 0 bridgehead atoms. The number of nitrogens with two attached hydrogens (primary N) is 1. The summed E-state index contributed by atoms with van der Waals surface area (Å²) < 4.78 is 5.27. The maximum absolute atomic E-state index is 11.0. The highest BCUT2D eigenvalue weighted by Gasteiger charge is 2.58. The lowest BCUT2D eigenvalue weighted by Gasteiger charge is -2.00. The molecule has 0 saturated carbocycles. The SMILES string of the molecule is C[C@@]1(C(N)=O)O[C@H]1c1cccc(Cl)c1. The summed E-state index contributed by atoms with van der Waals surface area (Å²) in [7, 11) is 0. The van der Waals surface area contributed by atoms with Gasteiger partial charge in [0.15, 0.2) is 5.60 Å². The van der Waals surface area contributed by atoms with Crippen molar-refractivity contribution in [2.24, 2.45) is 5.73 Å². The molecule has 3 nitrogen and oxygen atoms in total. The molecule has 1 aromatic carbocycles. The van der Waals surface area contributed by atoms with Crippen molar-refractivity contribution in [3.63, 3.8) is 0 Å². The fraction of sp³-hybridized carbons (Fsp3) is 0.300. The molecule has 1 fully saturated rings. The number of epoxide rings is 1. The van der Waals surface area contributed by atoms with Crippen LogP contribution in [-0.4, -0.2) is 11.5 Å². The molecular formula is C10H10ClNO2. The van der Waals surface area contributed by atoms with Crippen LogP contribution in [0.25, 0.3) is 0 Å². The first-order chi connectivity index (χ1) is 6.54. The topological polar surface area (TPSA) is 55.6 Å². The molecule has 0 unspecified atom stereocenters. The van der Waals surface area contributed by atoms with Crippen LogP contribution in [0.15, 0.2) is 24.3 Å². The Labute approximate surface area is 86.8 Å². The number of ether oxygens (including phenoxy) is 1. The quantitative estimate of drug-likeness (QED) is 0.757. The molecule has 0 radical (unpaired) electrons. The van der Waals surface area contributed by atoms with Crippen molar-refractivity contribution in [3.05, 3.63) is 34.9 Å². The molecule has 1 saturated heterocycles. The van der Waals surface area contributed by atoms with E-state index in [1.165, 1.54) is 0 Å². The van der Waals surface area contributed by atoms with E-state index in [0.29, 0.717) is 5.02 Å². The van der Waals surface area contributed by atoms with Gasteiger partial charge in [0, 0.05) is 5.02 Å². The average Bonchev–Trinajstić information content (AvgIpc) is 2.80. The smallest absolute Gasteiger partial charge is 0.252 e. The molecule has 4 heteroatoms. The summed E-state index contributed by atoms with van der Waals surface area (Å²) in [5.74, 6) is -0.442. The van der Waals surface area contributed by atoms with Gasteiger partial charge in [-0.25, -0.2) is 0 Å². The van der Waals surface area contributed by atoms with Gasteiger partial charge in [0.05, 0.1) is 0 Å². The van der Waals surface area contributed by atoms with Gasteiger partial charge in [-0.2, -0.15) is 0 Å². The number of carbonyl (C=O) groups excluding carboxylic acids is 1. The number of rotatable bonds is 2. The Morgan fingerprint density at radius 1 is 1.64 bits per heavy atom. The van der Waals surface area contributed by atoms with Gasteiger partial charge in [-0.3, -0.25) is 4.79 Å². The van der Waals surface area contributed by atoms with Crippen LogP contribution < -0.4 is 5.73 Å². The molecule has 2 rings (SSSR count). The third-order valence-corrected chi connectivity index (χ3v) is 2.68. The number of carbonyl (C=O) groups is 1. The molecule has 2 atom stereocenters. The van der Waals surface area contributed by atoms with Crippen LogP contribution in [-0.2, 0) is 9.53 Å². The van der Waals surface area contributed by atoms with E-state index in [4.69, 9.17) is 22.1 Å². The van der Waals surface area contributed by atoms with Gasteiger partial charge in [0.2, 0.25) is 0 Å². The maximum atomic E-state index is 11.0. The minimum Gasteiger partial charge on any atom is -0.367 e. The van der Waals surface area contributed by atoms with E-state index in [1.807, 2.05) is 12.1 Å². The molecule has 0 aromatic heterocycles. The second kappa shape index (κ2) is 2.97. The van der Waals surface area contributed by atoms with Gasteiger partial charge in [-0.1, -0.05) is 23.7 Å². The van der Waals surface area contributed by atoms with E-state index in [-0.39, 0.29) is 6.10 Å². The third kappa shape index (κ3) is 1.38. The number of halogens is 1. The van der Waals surface area contributed by atoms with Crippen LogP contribution >= 0.6 is 11.6 Å². The molecule has 1 aliphatic rings. The van der Waals surface area contributed by atoms with Crippen LogP contribution in [0, 0.1) is 0 Å². The van der Waals surface area contributed by atoms with E-state index < -0.39 is 11.5 Å². The van der Waals surface area contributed by atoms with Crippen molar-refractivity contribution in [1.29, 1.82) is 0 Å². The zero-order valence-electron chi connectivity index (χ0n) is 7.66. The normalized spacial score (nSPS) is 30.0. The lowest BCUT2D eigenvalue weighted by Crippen LogP contribution is -2.29. The predicted molar refractivity (Wildman–Crippen MR) is 52.9 cm³/mol. The van der Waals surface area contributed by atoms with Crippen molar-refractivity contribution in [3.8, 4) is 0 Å². The largest absolute Gasteiger partial charge is 0.367 e. The van der Waals surface area contributed by atoms with E-state index >= 15 is 0 Å². The third-order valence-electron chi connectivity index (χ3n) is 2.45. The molecule has 1 heterocycles. The maximum Gasteiger partial charge on any atom is 0.252 e.